The van der Waals surface area contributed by atoms with Crippen molar-refractivity contribution < 1.29 is 0 Å². The van der Waals surface area contributed by atoms with Crippen molar-refractivity contribution >= 4 is 38.6 Å². The van der Waals surface area contributed by atoms with Gasteiger partial charge in [-0.25, -0.2) is 4.98 Å². The standard InChI is InChI=1S/C19H19BrN2OS/c1-2-3-11-22-18(23)16-9-4-5-10-17(16)21-19(22)24-13-14-7-6-8-15(20)12-14/h4-10,12H,2-3,11,13H2,1H3. The zero-order valence-electron chi connectivity index (χ0n) is 13.5. The molecule has 0 amide bonds. The zero-order chi connectivity index (χ0) is 16.9. The van der Waals surface area contributed by atoms with E-state index >= 15 is 0 Å². The second kappa shape index (κ2) is 7.99. The fourth-order valence-electron chi connectivity index (χ4n) is 2.55. The number of hydrogen-bond donors (Lipinski definition) is 0. The Hall–Kier alpha value is -1.59. The molecular formula is C19H19BrN2OS. The van der Waals surface area contributed by atoms with Crippen LogP contribution in [-0.2, 0) is 12.3 Å². The molecule has 0 bridgehead atoms. The van der Waals surface area contributed by atoms with Crippen molar-refractivity contribution in [1.82, 2.24) is 9.55 Å². The van der Waals surface area contributed by atoms with Gasteiger partial charge in [0.05, 0.1) is 10.9 Å². The van der Waals surface area contributed by atoms with E-state index in [4.69, 9.17) is 4.98 Å². The van der Waals surface area contributed by atoms with Crippen molar-refractivity contribution in [2.75, 3.05) is 0 Å². The van der Waals surface area contributed by atoms with Crippen molar-refractivity contribution in [1.29, 1.82) is 0 Å². The van der Waals surface area contributed by atoms with E-state index < -0.39 is 0 Å². The van der Waals surface area contributed by atoms with Gasteiger partial charge in [0.15, 0.2) is 5.16 Å². The van der Waals surface area contributed by atoms with Crippen molar-refractivity contribution in [3.8, 4) is 0 Å². The highest BCUT2D eigenvalue weighted by Crippen LogP contribution is 2.24. The molecule has 3 aromatic rings. The van der Waals surface area contributed by atoms with Gasteiger partial charge in [-0.2, -0.15) is 0 Å². The lowest BCUT2D eigenvalue weighted by Crippen LogP contribution is -2.23. The number of benzene rings is 2. The number of nitrogens with zero attached hydrogens (tertiary/aromatic N) is 2. The van der Waals surface area contributed by atoms with E-state index in [2.05, 4.69) is 35.0 Å². The van der Waals surface area contributed by atoms with Gasteiger partial charge in [0.2, 0.25) is 0 Å². The van der Waals surface area contributed by atoms with Crippen LogP contribution in [-0.4, -0.2) is 9.55 Å². The Bertz CT molecular complexity index is 907. The highest BCUT2D eigenvalue weighted by molar-refractivity contribution is 9.10. The van der Waals surface area contributed by atoms with Crippen LogP contribution in [0.3, 0.4) is 0 Å². The Morgan fingerprint density at radius 2 is 2.00 bits per heavy atom. The maximum atomic E-state index is 12.8. The monoisotopic (exact) mass is 402 g/mol. The Balaban J connectivity index is 1.96. The highest BCUT2D eigenvalue weighted by Gasteiger charge is 2.11. The molecule has 0 saturated heterocycles. The van der Waals surface area contributed by atoms with Crippen LogP contribution in [0.4, 0.5) is 0 Å². The van der Waals surface area contributed by atoms with Crippen LogP contribution in [0.2, 0.25) is 0 Å². The van der Waals surface area contributed by atoms with Crippen molar-refractivity contribution in [3.05, 3.63) is 68.9 Å². The van der Waals surface area contributed by atoms with E-state index in [9.17, 15) is 4.79 Å². The molecule has 0 fully saturated rings. The third-order valence-electron chi connectivity index (χ3n) is 3.82. The van der Waals surface area contributed by atoms with E-state index in [0.717, 1.165) is 33.7 Å². The smallest absolute Gasteiger partial charge is 0.262 e. The van der Waals surface area contributed by atoms with Gasteiger partial charge in [-0.15, -0.1) is 0 Å². The molecule has 3 rings (SSSR count). The number of fused-ring (bicyclic) bond motifs is 1. The summed E-state index contributed by atoms with van der Waals surface area (Å²) in [5, 5.41) is 1.49. The van der Waals surface area contributed by atoms with Crippen molar-refractivity contribution in [2.45, 2.75) is 37.2 Å². The summed E-state index contributed by atoms with van der Waals surface area (Å²) in [6.07, 6.45) is 2.03. The van der Waals surface area contributed by atoms with Gasteiger partial charge in [0, 0.05) is 16.8 Å². The Morgan fingerprint density at radius 1 is 1.17 bits per heavy atom. The molecule has 2 aromatic carbocycles. The van der Waals surface area contributed by atoms with Crippen LogP contribution in [0.5, 0.6) is 0 Å². The number of hydrogen-bond acceptors (Lipinski definition) is 3. The Morgan fingerprint density at radius 3 is 2.79 bits per heavy atom. The predicted molar refractivity (Wildman–Crippen MR) is 105 cm³/mol. The minimum absolute atomic E-state index is 0.0609. The van der Waals surface area contributed by atoms with Gasteiger partial charge in [0.1, 0.15) is 0 Å². The molecule has 24 heavy (non-hydrogen) atoms. The molecule has 0 spiro atoms. The molecule has 0 N–H and O–H groups in total. The molecule has 1 heterocycles. The van der Waals surface area contributed by atoms with Gasteiger partial charge in [-0.3, -0.25) is 9.36 Å². The molecule has 0 atom stereocenters. The van der Waals surface area contributed by atoms with Gasteiger partial charge in [-0.05, 0) is 36.2 Å². The minimum Gasteiger partial charge on any atom is -0.287 e. The summed E-state index contributed by atoms with van der Waals surface area (Å²) in [6.45, 7) is 2.85. The molecule has 0 aliphatic rings. The van der Waals surface area contributed by atoms with E-state index in [0.29, 0.717) is 11.9 Å². The van der Waals surface area contributed by atoms with Gasteiger partial charge < -0.3 is 0 Å². The molecule has 1 aromatic heterocycles. The van der Waals surface area contributed by atoms with Crippen LogP contribution in [0.1, 0.15) is 25.3 Å². The van der Waals surface area contributed by atoms with Crippen molar-refractivity contribution in [2.24, 2.45) is 0 Å². The lowest BCUT2D eigenvalue weighted by atomic mass is 10.2. The summed E-state index contributed by atoms with van der Waals surface area (Å²) < 4.78 is 2.89. The number of halogens is 1. The predicted octanol–water partition coefficient (Wildman–Crippen LogP) is 5.25. The lowest BCUT2D eigenvalue weighted by Gasteiger charge is -2.12. The van der Waals surface area contributed by atoms with E-state index in [1.54, 1.807) is 11.8 Å². The van der Waals surface area contributed by atoms with Crippen LogP contribution >= 0.6 is 27.7 Å². The number of aromatic nitrogens is 2. The molecule has 0 aliphatic heterocycles. The molecule has 5 heteroatoms. The van der Waals surface area contributed by atoms with Crippen LogP contribution in [0.15, 0.2) is 63.0 Å². The molecule has 0 radical (unpaired) electrons. The summed E-state index contributed by atoms with van der Waals surface area (Å²) >= 11 is 5.12. The molecule has 3 nitrogen and oxygen atoms in total. The highest BCUT2D eigenvalue weighted by atomic mass is 79.9. The van der Waals surface area contributed by atoms with Crippen LogP contribution in [0.25, 0.3) is 10.9 Å². The Kier molecular flexibility index (Phi) is 5.74. The fourth-order valence-corrected chi connectivity index (χ4v) is 3.96. The molecule has 124 valence electrons. The first-order valence-corrected chi connectivity index (χ1v) is 9.83. The van der Waals surface area contributed by atoms with Crippen LogP contribution < -0.4 is 5.56 Å². The summed E-state index contributed by atoms with van der Waals surface area (Å²) in [7, 11) is 0. The van der Waals surface area contributed by atoms with Crippen LogP contribution in [0, 0.1) is 0 Å². The summed E-state index contributed by atoms with van der Waals surface area (Å²) in [6, 6.07) is 15.8. The van der Waals surface area contributed by atoms with E-state index in [-0.39, 0.29) is 5.56 Å². The first-order chi connectivity index (χ1) is 11.7. The first-order valence-electron chi connectivity index (χ1n) is 8.06. The maximum absolute atomic E-state index is 12.8. The SMILES string of the molecule is CCCCn1c(SCc2cccc(Br)c2)nc2ccccc2c1=O. The second-order valence-electron chi connectivity index (χ2n) is 5.64. The quantitative estimate of drug-likeness (QED) is 0.417. The number of rotatable bonds is 6. The van der Waals surface area contributed by atoms with Gasteiger partial charge in [0.25, 0.3) is 5.56 Å². The molecule has 0 unspecified atom stereocenters. The third-order valence-corrected chi connectivity index (χ3v) is 5.36. The van der Waals surface area contributed by atoms with Crippen molar-refractivity contribution in [3.63, 3.8) is 0 Å². The minimum atomic E-state index is 0.0609. The summed E-state index contributed by atoms with van der Waals surface area (Å²) in [5.74, 6) is 0.788. The normalized spacial score (nSPS) is 11.1. The summed E-state index contributed by atoms with van der Waals surface area (Å²) in [4.78, 5) is 17.6. The van der Waals surface area contributed by atoms with Gasteiger partial charge in [-0.1, -0.05) is 65.3 Å². The fraction of sp³-hybridized carbons (Fsp3) is 0.263. The number of para-hydroxylation sites is 1. The number of unbranched alkanes of at least 4 members (excludes halogenated alkanes) is 1. The lowest BCUT2D eigenvalue weighted by molar-refractivity contribution is 0.557. The van der Waals surface area contributed by atoms with E-state index in [1.807, 2.05) is 41.0 Å². The average molecular weight is 403 g/mol. The van der Waals surface area contributed by atoms with E-state index in [1.165, 1.54) is 5.56 Å². The maximum Gasteiger partial charge on any atom is 0.262 e. The van der Waals surface area contributed by atoms with Gasteiger partial charge >= 0.3 is 0 Å². The second-order valence-corrected chi connectivity index (χ2v) is 7.50. The average Bonchev–Trinajstić information content (AvgIpc) is 2.59. The number of thioether (sulfide) groups is 1. The molecular weight excluding hydrogens is 384 g/mol. The molecule has 0 aliphatic carbocycles. The third kappa shape index (κ3) is 3.90. The first kappa shape index (κ1) is 17.2. The topological polar surface area (TPSA) is 34.9 Å². The molecule has 0 saturated carbocycles. The summed E-state index contributed by atoms with van der Waals surface area (Å²) in [5.41, 5.74) is 2.04. The zero-order valence-corrected chi connectivity index (χ0v) is 15.9. The Labute approximate surface area is 154 Å². The largest absolute Gasteiger partial charge is 0.287 e.